The topological polar surface area (TPSA) is 60.1 Å². The Morgan fingerprint density at radius 1 is 1.00 bits per heavy atom. The quantitative estimate of drug-likeness (QED) is 0.742. The number of carbonyl (C=O) groups is 1. The maximum atomic E-state index is 13.9. The van der Waals surface area contributed by atoms with Crippen molar-refractivity contribution in [3.05, 3.63) is 82.3 Å². The number of benzene rings is 2. The smallest absolute Gasteiger partial charge is 0.285 e. The van der Waals surface area contributed by atoms with E-state index in [4.69, 9.17) is 0 Å². The third-order valence-corrected chi connectivity index (χ3v) is 3.99. The van der Waals surface area contributed by atoms with Gasteiger partial charge in [0.1, 0.15) is 5.82 Å². The molecule has 2 aromatic carbocycles. The molecule has 1 amide bonds. The summed E-state index contributed by atoms with van der Waals surface area (Å²) in [5.41, 5.74) is 0.487. The summed E-state index contributed by atoms with van der Waals surface area (Å²) >= 11 is 0. The van der Waals surface area contributed by atoms with Crippen molar-refractivity contribution in [3.63, 3.8) is 0 Å². The maximum absolute atomic E-state index is 13.9. The maximum Gasteiger partial charge on any atom is 0.364 e. The Morgan fingerprint density at radius 2 is 1.71 bits per heavy atom. The molecule has 0 unspecified atom stereocenters. The Kier molecular flexibility index (Phi) is 3.26. The van der Waals surface area contributed by atoms with Crippen molar-refractivity contribution < 1.29 is 9.18 Å². The normalized spacial score (nSPS) is 13.4. The van der Waals surface area contributed by atoms with Crippen LogP contribution in [0.1, 0.15) is 11.4 Å². The molecule has 2 heterocycles. The van der Waals surface area contributed by atoms with Gasteiger partial charge in [0.2, 0.25) is 0 Å². The lowest BCUT2D eigenvalue weighted by Gasteiger charge is -2.15. The van der Waals surface area contributed by atoms with Crippen LogP contribution in [-0.4, -0.2) is 20.4 Å². The summed E-state index contributed by atoms with van der Waals surface area (Å²) in [6.07, 6.45) is 0. The highest BCUT2D eigenvalue weighted by Crippen LogP contribution is 2.22. The minimum absolute atomic E-state index is 0.0487. The first-order valence-corrected chi connectivity index (χ1v) is 7.44. The molecule has 120 valence electrons. The minimum Gasteiger partial charge on any atom is -0.285 e. The predicted molar refractivity (Wildman–Crippen MR) is 85.4 cm³/mol. The van der Waals surface area contributed by atoms with Crippen LogP contribution >= 0.6 is 0 Å². The first-order valence-electron chi connectivity index (χ1n) is 7.44. The molecule has 0 N–H and O–H groups in total. The zero-order valence-corrected chi connectivity index (χ0v) is 12.6. The van der Waals surface area contributed by atoms with Gasteiger partial charge in [0, 0.05) is 11.3 Å². The van der Waals surface area contributed by atoms with Gasteiger partial charge in [-0.1, -0.05) is 36.4 Å². The van der Waals surface area contributed by atoms with Crippen LogP contribution in [0.2, 0.25) is 0 Å². The fraction of sp³-hybridized carbons (Fsp3) is 0.118. The highest BCUT2D eigenvalue weighted by Gasteiger charge is 2.33. The van der Waals surface area contributed by atoms with Gasteiger partial charge in [-0.2, -0.15) is 9.67 Å². The van der Waals surface area contributed by atoms with Crippen LogP contribution in [0.5, 0.6) is 0 Å². The van der Waals surface area contributed by atoms with Crippen molar-refractivity contribution in [3.8, 4) is 0 Å². The second kappa shape index (κ2) is 5.45. The Hall–Kier alpha value is -3.22. The van der Waals surface area contributed by atoms with Gasteiger partial charge in [-0.05, 0) is 18.2 Å². The molecular weight excluding hydrogens is 311 g/mol. The molecule has 3 aromatic rings. The van der Waals surface area contributed by atoms with Gasteiger partial charge >= 0.3 is 11.7 Å². The van der Waals surface area contributed by atoms with Gasteiger partial charge in [-0.25, -0.2) is 18.7 Å². The van der Waals surface area contributed by atoms with Crippen LogP contribution in [0.15, 0.2) is 59.4 Å². The van der Waals surface area contributed by atoms with E-state index < -0.39 is 11.5 Å². The summed E-state index contributed by atoms with van der Waals surface area (Å²) in [5, 5.41) is 0. The van der Waals surface area contributed by atoms with E-state index in [1.54, 1.807) is 18.2 Å². The lowest BCUT2D eigenvalue weighted by molar-refractivity contribution is 0.244. The molecule has 0 aliphatic carbocycles. The summed E-state index contributed by atoms with van der Waals surface area (Å²) in [7, 11) is 0. The van der Waals surface area contributed by atoms with Crippen LogP contribution in [0.25, 0.3) is 0 Å². The molecule has 7 heteroatoms. The van der Waals surface area contributed by atoms with E-state index in [0.717, 1.165) is 5.69 Å². The van der Waals surface area contributed by atoms with Crippen molar-refractivity contribution in [2.75, 3.05) is 4.90 Å². The van der Waals surface area contributed by atoms with E-state index in [1.165, 1.54) is 20.3 Å². The van der Waals surface area contributed by atoms with Crippen molar-refractivity contribution in [1.29, 1.82) is 0 Å². The van der Waals surface area contributed by atoms with E-state index in [9.17, 15) is 14.0 Å². The predicted octanol–water partition coefficient (Wildman–Crippen LogP) is 2.22. The number of hydrogen-bond acceptors (Lipinski definition) is 3. The summed E-state index contributed by atoms with van der Waals surface area (Å²) in [6.45, 7) is 0.162. The first kappa shape index (κ1) is 14.4. The largest absolute Gasteiger partial charge is 0.364 e. The molecule has 0 spiro atoms. The van der Waals surface area contributed by atoms with Crippen LogP contribution in [0.3, 0.4) is 0 Å². The third kappa shape index (κ3) is 2.21. The number of aromatic nitrogens is 3. The Labute approximate surface area is 136 Å². The highest BCUT2D eigenvalue weighted by atomic mass is 19.1. The number of rotatable bonds is 3. The molecule has 1 aliphatic rings. The third-order valence-electron chi connectivity index (χ3n) is 3.99. The molecule has 0 bridgehead atoms. The second-order valence-electron chi connectivity index (χ2n) is 5.48. The van der Waals surface area contributed by atoms with Crippen molar-refractivity contribution >= 4 is 11.7 Å². The molecule has 6 nitrogen and oxygen atoms in total. The fourth-order valence-corrected chi connectivity index (χ4v) is 2.82. The lowest BCUT2D eigenvalue weighted by atomic mass is 10.2. The molecule has 0 radical (unpaired) electrons. The van der Waals surface area contributed by atoms with Crippen molar-refractivity contribution in [2.24, 2.45) is 0 Å². The van der Waals surface area contributed by atoms with Crippen molar-refractivity contribution in [2.45, 2.75) is 13.1 Å². The van der Waals surface area contributed by atoms with Gasteiger partial charge in [-0.15, -0.1) is 0 Å². The number of fused-ring (bicyclic) bond motifs is 1. The standard InChI is InChI=1S/C17H13FN4O2/c18-14-9-5-4-6-12(14)10-21-16(23)19-15-11-20(17(24)22(15)21)13-7-2-1-3-8-13/h1-9H,10-11H2. The number of halogens is 1. The number of nitrogens with zero attached hydrogens (tertiary/aromatic N) is 4. The number of carbonyl (C=O) groups excluding carboxylic acids is 1. The van der Waals surface area contributed by atoms with Crippen LogP contribution < -0.4 is 10.6 Å². The number of anilines is 1. The summed E-state index contributed by atoms with van der Waals surface area (Å²) < 4.78 is 16.3. The van der Waals surface area contributed by atoms with Crippen LogP contribution in [-0.2, 0) is 13.1 Å². The lowest BCUT2D eigenvalue weighted by Crippen LogP contribution is -2.34. The molecule has 0 saturated carbocycles. The molecule has 0 saturated heterocycles. The van der Waals surface area contributed by atoms with Gasteiger partial charge in [0.05, 0.1) is 13.1 Å². The fourth-order valence-electron chi connectivity index (χ4n) is 2.82. The van der Waals surface area contributed by atoms with Crippen LogP contribution in [0.4, 0.5) is 14.9 Å². The second-order valence-corrected chi connectivity index (χ2v) is 5.48. The van der Waals surface area contributed by atoms with Crippen molar-refractivity contribution in [1.82, 2.24) is 14.3 Å². The van der Waals surface area contributed by atoms with Gasteiger partial charge in [0.15, 0.2) is 5.82 Å². The average molecular weight is 324 g/mol. The zero-order valence-electron chi connectivity index (χ0n) is 12.6. The SMILES string of the molecule is O=C1N(c2ccccc2)Cc2nc(=O)n(Cc3ccccc3F)n21. The van der Waals surface area contributed by atoms with Gasteiger partial charge < -0.3 is 0 Å². The highest BCUT2D eigenvalue weighted by molar-refractivity contribution is 5.95. The number of hydrogen-bond donors (Lipinski definition) is 0. The zero-order chi connectivity index (χ0) is 16.7. The van der Waals surface area contributed by atoms with E-state index in [0.29, 0.717) is 11.4 Å². The molecule has 0 fully saturated rings. The molecule has 1 aliphatic heterocycles. The Bertz CT molecular complexity index is 978. The molecule has 1 aromatic heterocycles. The van der Waals surface area contributed by atoms with Gasteiger partial charge in [0.25, 0.3) is 0 Å². The minimum atomic E-state index is -0.561. The van der Waals surface area contributed by atoms with E-state index in [-0.39, 0.29) is 19.1 Å². The van der Waals surface area contributed by atoms with Gasteiger partial charge in [-0.3, -0.25) is 4.90 Å². The van der Waals surface area contributed by atoms with E-state index in [2.05, 4.69) is 4.98 Å². The molecule has 4 rings (SSSR count). The summed E-state index contributed by atoms with van der Waals surface area (Å²) in [5.74, 6) is -0.0736. The average Bonchev–Trinajstić information content (AvgIpc) is 3.07. The number of amides is 1. The summed E-state index contributed by atoms with van der Waals surface area (Å²) in [4.78, 5) is 30.3. The van der Waals surface area contributed by atoms with E-state index >= 15 is 0 Å². The molecule has 0 atom stereocenters. The first-order chi connectivity index (χ1) is 11.6. The summed E-state index contributed by atoms with van der Waals surface area (Å²) in [6, 6.07) is 14.9. The Morgan fingerprint density at radius 3 is 2.46 bits per heavy atom. The van der Waals surface area contributed by atoms with E-state index in [1.807, 2.05) is 30.3 Å². The molecular formula is C17H13FN4O2. The monoisotopic (exact) mass is 324 g/mol. The molecule has 24 heavy (non-hydrogen) atoms. The number of para-hydroxylation sites is 1. The Balaban J connectivity index is 1.73. The van der Waals surface area contributed by atoms with Crippen LogP contribution in [0, 0.1) is 5.82 Å².